The molecule has 0 unspecified atom stereocenters. The monoisotopic (exact) mass is 299 g/mol. The van der Waals surface area contributed by atoms with Crippen molar-refractivity contribution in [2.75, 3.05) is 19.7 Å². The zero-order valence-electron chi connectivity index (χ0n) is 12.4. The first-order valence-electron chi connectivity index (χ1n) is 7.80. The minimum absolute atomic E-state index is 0.297. The third-order valence-corrected chi connectivity index (χ3v) is 5.05. The zero-order valence-corrected chi connectivity index (χ0v) is 12.4. The van der Waals surface area contributed by atoms with Crippen molar-refractivity contribution in [1.29, 1.82) is 0 Å². The summed E-state index contributed by atoms with van der Waals surface area (Å²) in [6, 6.07) is 0. The summed E-state index contributed by atoms with van der Waals surface area (Å²) in [7, 11) is 0. The fraction of sp³-hybridized carbons (Fsp3) is 0.867. The molecule has 2 fully saturated rings. The quantitative estimate of drug-likeness (QED) is 0.528. The summed E-state index contributed by atoms with van der Waals surface area (Å²) in [5, 5.41) is 28.8. The Balaban J connectivity index is 2.11. The van der Waals surface area contributed by atoms with Crippen LogP contribution in [0.3, 0.4) is 0 Å². The molecule has 120 valence electrons. The highest BCUT2D eigenvalue weighted by molar-refractivity contribution is 6.02. The lowest BCUT2D eigenvalue weighted by atomic mass is 9.78. The Morgan fingerprint density at radius 2 is 1.48 bits per heavy atom. The number of carboxylic acids is 1. The van der Waals surface area contributed by atoms with Crippen molar-refractivity contribution in [3.63, 3.8) is 0 Å². The first-order chi connectivity index (χ1) is 9.93. The van der Waals surface area contributed by atoms with E-state index in [9.17, 15) is 19.8 Å². The van der Waals surface area contributed by atoms with Gasteiger partial charge in [0.05, 0.1) is 12.2 Å². The number of amides is 1. The minimum atomic E-state index is -1.29. The van der Waals surface area contributed by atoms with Gasteiger partial charge in [0.25, 0.3) is 0 Å². The standard InChI is InChI=1S/C15H25NO5/c17-11-14(21)7-9-16(10-8-14)12(18)15(13(19)20)5-3-1-2-4-6-15/h17,21H,1-11H2,(H,19,20). The van der Waals surface area contributed by atoms with Crippen molar-refractivity contribution in [3.8, 4) is 0 Å². The van der Waals surface area contributed by atoms with Crippen molar-refractivity contribution in [2.24, 2.45) is 5.41 Å². The Bertz CT molecular complexity index is 393. The zero-order chi connectivity index (χ0) is 15.5. The molecule has 1 aliphatic carbocycles. The van der Waals surface area contributed by atoms with Gasteiger partial charge in [-0.3, -0.25) is 9.59 Å². The van der Waals surface area contributed by atoms with Crippen LogP contribution in [0.1, 0.15) is 51.4 Å². The van der Waals surface area contributed by atoms with E-state index in [0.29, 0.717) is 38.8 Å². The first-order valence-corrected chi connectivity index (χ1v) is 7.80. The summed E-state index contributed by atoms with van der Waals surface area (Å²) in [6.07, 6.45) is 4.90. The van der Waals surface area contributed by atoms with Gasteiger partial charge in [-0.2, -0.15) is 0 Å². The second kappa shape index (κ2) is 6.32. The van der Waals surface area contributed by atoms with E-state index in [1.165, 1.54) is 0 Å². The van der Waals surface area contributed by atoms with Crippen LogP contribution in [0.15, 0.2) is 0 Å². The van der Waals surface area contributed by atoms with Crippen molar-refractivity contribution in [1.82, 2.24) is 4.90 Å². The summed E-state index contributed by atoms with van der Waals surface area (Å²) in [4.78, 5) is 26.1. The van der Waals surface area contributed by atoms with Gasteiger partial charge in [0.1, 0.15) is 5.41 Å². The Kier molecular flexibility index (Phi) is 4.88. The van der Waals surface area contributed by atoms with E-state index < -0.39 is 17.0 Å². The van der Waals surface area contributed by atoms with Gasteiger partial charge in [-0.15, -0.1) is 0 Å². The van der Waals surface area contributed by atoms with E-state index in [0.717, 1.165) is 25.7 Å². The molecule has 1 amide bonds. The van der Waals surface area contributed by atoms with E-state index in [-0.39, 0.29) is 12.5 Å². The lowest BCUT2D eigenvalue weighted by molar-refractivity contribution is -0.164. The summed E-state index contributed by atoms with van der Waals surface area (Å²) in [5.41, 5.74) is -2.41. The predicted octanol–water partition coefficient (Wildman–Crippen LogP) is 0.757. The molecule has 6 nitrogen and oxygen atoms in total. The molecule has 0 aromatic rings. The number of likely N-dealkylation sites (tertiary alicyclic amines) is 1. The molecule has 6 heteroatoms. The molecule has 0 radical (unpaired) electrons. The maximum atomic E-state index is 12.8. The number of hydrogen-bond acceptors (Lipinski definition) is 4. The topological polar surface area (TPSA) is 98.1 Å². The molecule has 21 heavy (non-hydrogen) atoms. The maximum Gasteiger partial charge on any atom is 0.319 e. The van der Waals surface area contributed by atoms with Crippen molar-refractivity contribution in [3.05, 3.63) is 0 Å². The van der Waals surface area contributed by atoms with Gasteiger partial charge in [0.15, 0.2) is 0 Å². The molecule has 3 N–H and O–H groups in total. The highest BCUT2D eigenvalue weighted by atomic mass is 16.4. The van der Waals surface area contributed by atoms with E-state index in [1.807, 2.05) is 0 Å². The van der Waals surface area contributed by atoms with Crippen LogP contribution in [0.5, 0.6) is 0 Å². The Hall–Kier alpha value is -1.14. The van der Waals surface area contributed by atoms with Gasteiger partial charge >= 0.3 is 5.97 Å². The number of carbonyl (C=O) groups is 2. The third-order valence-electron chi connectivity index (χ3n) is 5.05. The number of piperidine rings is 1. The lowest BCUT2D eigenvalue weighted by Gasteiger charge is -2.40. The molecular formula is C15H25NO5. The van der Waals surface area contributed by atoms with Gasteiger partial charge < -0.3 is 20.2 Å². The smallest absolute Gasteiger partial charge is 0.319 e. The second-order valence-corrected chi connectivity index (χ2v) is 6.48. The summed E-state index contributed by atoms with van der Waals surface area (Å²) in [5.74, 6) is -1.32. The largest absolute Gasteiger partial charge is 0.480 e. The maximum absolute atomic E-state index is 12.8. The van der Waals surface area contributed by atoms with Gasteiger partial charge in [-0.25, -0.2) is 0 Å². The van der Waals surface area contributed by atoms with Gasteiger partial charge in [0.2, 0.25) is 5.91 Å². The average molecular weight is 299 g/mol. The number of carbonyl (C=O) groups excluding carboxylic acids is 1. The number of aliphatic carboxylic acids is 1. The Morgan fingerprint density at radius 3 is 1.90 bits per heavy atom. The van der Waals surface area contributed by atoms with Crippen LogP contribution in [0.2, 0.25) is 0 Å². The predicted molar refractivity (Wildman–Crippen MR) is 75.6 cm³/mol. The molecular weight excluding hydrogens is 274 g/mol. The highest BCUT2D eigenvalue weighted by Gasteiger charge is 2.49. The lowest BCUT2D eigenvalue weighted by Crippen LogP contribution is -2.54. The summed E-state index contributed by atoms with van der Waals surface area (Å²) < 4.78 is 0. The molecule has 0 atom stereocenters. The van der Waals surface area contributed by atoms with Crippen LogP contribution in [0.4, 0.5) is 0 Å². The number of aliphatic hydroxyl groups is 2. The van der Waals surface area contributed by atoms with Crippen LogP contribution < -0.4 is 0 Å². The molecule has 0 spiro atoms. The van der Waals surface area contributed by atoms with Crippen LogP contribution in [0.25, 0.3) is 0 Å². The highest BCUT2D eigenvalue weighted by Crippen LogP contribution is 2.38. The van der Waals surface area contributed by atoms with Gasteiger partial charge in [-0.1, -0.05) is 25.7 Å². The molecule has 0 aromatic heterocycles. The third kappa shape index (κ3) is 3.21. The molecule has 0 bridgehead atoms. The molecule has 1 heterocycles. The molecule has 0 aromatic carbocycles. The minimum Gasteiger partial charge on any atom is -0.480 e. The van der Waals surface area contributed by atoms with Crippen LogP contribution in [-0.4, -0.2) is 57.4 Å². The van der Waals surface area contributed by atoms with Crippen LogP contribution in [-0.2, 0) is 9.59 Å². The summed E-state index contributed by atoms with van der Waals surface area (Å²) in [6.45, 7) is 0.301. The Labute approximate surface area is 124 Å². The van der Waals surface area contributed by atoms with Crippen molar-refractivity contribution in [2.45, 2.75) is 57.0 Å². The van der Waals surface area contributed by atoms with E-state index in [2.05, 4.69) is 0 Å². The van der Waals surface area contributed by atoms with Crippen molar-refractivity contribution >= 4 is 11.9 Å². The normalized spacial score (nSPS) is 25.1. The number of hydrogen-bond donors (Lipinski definition) is 3. The molecule has 2 aliphatic rings. The number of carboxylic acid groups (broad SMARTS) is 1. The van der Waals surface area contributed by atoms with E-state index in [4.69, 9.17) is 5.11 Å². The molecule has 1 saturated carbocycles. The fourth-order valence-corrected chi connectivity index (χ4v) is 3.44. The van der Waals surface area contributed by atoms with Crippen LogP contribution >= 0.6 is 0 Å². The van der Waals surface area contributed by atoms with E-state index >= 15 is 0 Å². The van der Waals surface area contributed by atoms with Gasteiger partial charge in [-0.05, 0) is 25.7 Å². The summed E-state index contributed by atoms with van der Waals surface area (Å²) >= 11 is 0. The van der Waals surface area contributed by atoms with E-state index in [1.54, 1.807) is 4.90 Å². The van der Waals surface area contributed by atoms with Gasteiger partial charge in [0, 0.05) is 13.1 Å². The molecule has 1 saturated heterocycles. The number of rotatable bonds is 3. The number of nitrogens with zero attached hydrogens (tertiary/aromatic N) is 1. The second-order valence-electron chi connectivity index (χ2n) is 6.48. The first kappa shape index (κ1) is 16.2. The number of aliphatic hydroxyl groups excluding tert-OH is 1. The Morgan fingerprint density at radius 1 is 0.952 bits per heavy atom. The van der Waals surface area contributed by atoms with Crippen LogP contribution in [0, 0.1) is 5.41 Å². The average Bonchev–Trinajstić information content (AvgIpc) is 2.74. The van der Waals surface area contributed by atoms with Crippen molar-refractivity contribution < 1.29 is 24.9 Å². The molecule has 2 rings (SSSR count). The molecule has 1 aliphatic heterocycles. The fourth-order valence-electron chi connectivity index (χ4n) is 3.44. The SMILES string of the molecule is O=C(O)C1(C(=O)N2CCC(O)(CO)CC2)CCCCCC1.